The summed E-state index contributed by atoms with van der Waals surface area (Å²) in [5.41, 5.74) is 3.91. The second-order valence-corrected chi connectivity index (χ2v) is 10.2. The Bertz CT molecular complexity index is 1560. The summed E-state index contributed by atoms with van der Waals surface area (Å²) in [5.74, 6) is 4.82. The topological polar surface area (TPSA) is 91.3 Å². The van der Waals surface area contributed by atoms with Crippen LogP contribution in [-0.4, -0.2) is 23.9 Å². The number of ether oxygens (including phenoxy) is 1. The summed E-state index contributed by atoms with van der Waals surface area (Å²) < 4.78 is 9.18. The Balaban J connectivity index is 0.000000274. The van der Waals surface area contributed by atoms with Crippen molar-refractivity contribution in [3.05, 3.63) is 82.5 Å². The molecule has 0 bridgehead atoms. The predicted octanol–water partition coefficient (Wildman–Crippen LogP) is 2.77. The molecule has 1 heterocycles. The average molecular weight is 569 g/mol. The molecule has 1 aliphatic carbocycles. The Morgan fingerprint density at radius 2 is 1.87 bits per heavy atom. The van der Waals surface area contributed by atoms with E-state index in [0.29, 0.717) is 24.3 Å². The van der Waals surface area contributed by atoms with Gasteiger partial charge in [-0.25, -0.2) is 0 Å². The van der Waals surface area contributed by atoms with Gasteiger partial charge in [0.05, 0.1) is 27.6 Å². The second-order valence-electron chi connectivity index (χ2n) is 9.01. The Labute approximate surface area is 259 Å². The summed E-state index contributed by atoms with van der Waals surface area (Å²) in [6.07, 6.45) is 0.888. The van der Waals surface area contributed by atoms with Crippen LogP contribution in [0.4, 0.5) is 5.69 Å². The van der Waals surface area contributed by atoms with Crippen molar-refractivity contribution in [1.82, 2.24) is 4.37 Å². The van der Waals surface area contributed by atoms with Crippen LogP contribution in [0, 0.1) is 24.2 Å². The first-order valence-electron chi connectivity index (χ1n) is 12.0. The van der Waals surface area contributed by atoms with E-state index in [1.807, 2.05) is 50.4 Å². The van der Waals surface area contributed by atoms with Gasteiger partial charge in [0.1, 0.15) is 6.10 Å². The zero-order chi connectivity index (χ0) is 27.3. The molecule has 194 valence electrons. The number of fused-ring (bicyclic) bond motifs is 1. The van der Waals surface area contributed by atoms with Gasteiger partial charge < -0.3 is 20.0 Å². The SMILES string of the molecule is CNc1c(C)nsc1-c1ccc2cc(C#CC3(C(=O)[O-])CC3)ccc2c1.C[C@@H](OC=O)c1ccccc1Cl.[Na+]. The first kappa shape index (κ1) is 30.7. The van der Waals surface area contributed by atoms with Crippen molar-refractivity contribution in [2.75, 3.05) is 12.4 Å². The van der Waals surface area contributed by atoms with Crippen LogP contribution in [-0.2, 0) is 14.3 Å². The molecule has 0 radical (unpaired) electrons. The first-order valence-corrected chi connectivity index (χ1v) is 13.2. The molecule has 5 rings (SSSR count). The summed E-state index contributed by atoms with van der Waals surface area (Å²) in [6, 6.07) is 19.5. The summed E-state index contributed by atoms with van der Waals surface area (Å²) in [6.45, 7) is 4.20. The molecule has 0 amide bonds. The van der Waals surface area contributed by atoms with Crippen LogP contribution in [0.5, 0.6) is 0 Å². The number of aromatic nitrogens is 1. The van der Waals surface area contributed by atoms with Crippen molar-refractivity contribution < 1.29 is 49.0 Å². The second kappa shape index (κ2) is 13.5. The number of carbonyl (C=O) groups excluding carboxylic acids is 2. The molecule has 39 heavy (non-hydrogen) atoms. The molecule has 9 heteroatoms. The van der Waals surface area contributed by atoms with Crippen LogP contribution in [0.1, 0.15) is 42.7 Å². The normalized spacial score (nSPS) is 13.4. The van der Waals surface area contributed by atoms with Crippen molar-refractivity contribution in [2.24, 2.45) is 5.41 Å². The Kier molecular flexibility index (Phi) is 10.6. The minimum atomic E-state index is -1.06. The van der Waals surface area contributed by atoms with E-state index in [2.05, 4.69) is 39.7 Å². The molecule has 4 aromatic rings. The van der Waals surface area contributed by atoms with Crippen LogP contribution in [0.25, 0.3) is 21.2 Å². The van der Waals surface area contributed by atoms with Crippen molar-refractivity contribution in [3.8, 4) is 22.3 Å². The largest absolute Gasteiger partial charge is 1.00 e. The van der Waals surface area contributed by atoms with Gasteiger partial charge in [-0.05, 0) is 78.8 Å². The maximum atomic E-state index is 11.1. The number of benzene rings is 3. The van der Waals surface area contributed by atoms with Gasteiger partial charge in [0.25, 0.3) is 6.47 Å². The zero-order valence-electron chi connectivity index (χ0n) is 22.2. The fraction of sp³-hybridized carbons (Fsp3) is 0.233. The van der Waals surface area contributed by atoms with Gasteiger partial charge in [-0.3, -0.25) is 4.79 Å². The van der Waals surface area contributed by atoms with Crippen molar-refractivity contribution in [3.63, 3.8) is 0 Å². The Morgan fingerprint density at radius 3 is 2.51 bits per heavy atom. The summed E-state index contributed by atoms with van der Waals surface area (Å²) in [7, 11) is 1.91. The third kappa shape index (κ3) is 7.21. The quantitative estimate of drug-likeness (QED) is 0.219. The molecule has 6 nitrogen and oxygen atoms in total. The third-order valence-corrected chi connectivity index (χ3v) is 7.74. The Morgan fingerprint density at radius 1 is 1.18 bits per heavy atom. The van der Waals surface area contributed by atoms with Crippen LogP contribution in [0.3, 0.4) is 0 Å². The molecule has 1 aromatic heterocycles. The molecule has 1 atom stereocenters. The fourth-order valence-electron chi connectivity index (χ4n) is 3.98. The number of carboxylic acids is 1. The number of aliphatic carboxylic acids is 1. The number of aryl methyl sites for hydroxylation is 1. The van der Waals surface area contributed by atoms with Crippen LogP contribution >= 0.6 is 23.1 Å². The van der Waals surface area contributed by atoms with Gasteiger partial charge in [0.2, 0.25) is 0 Å². The van der Waals surface area contributed by atoms with E-state index in [9.17, 15) is 14.7 Å². The number of anilines is 1. The van der Waals surface area contributed by atoms with Crippen LogP contribution < -0.4 is 40.0 Å². The maximum Gasteiger partial charge on any atom is 1.00 e. The molecule has 0 aliphatic heterocycles. The molecule has 0 unspecified atom stereocenters. The van der Waals surface area contributed by atoms with E-state index >= 15 is 0 Å². The minimum Gasteiger partial charge on any atom is -0.548 e. The van der Waals surface area contributed by atoms with Gasteiger partial charge in [0.15, 0.2) is 0 Å². The third-order valence-electron chi connectivity index (χ3n) is 6.40. The molecule has 1 aliphatic rings. The fourth-order valence-corrected chi connectivity index (χ4v) is 5.17. The monoisotopic (exact) mass is 568 g/mol. The zero-order valence-corrected chi connectivity index (χ0v) is 25.8. The summed E-state index contributed by atoms with van der Waals surface area (Å²) in [4.78, 5) is 22.3. The average Bonchev–Trinajstić information content (AvgIpc) is 3.63. The van der Waals surface area contributed by atoms with E-state index in [4.69, 9.17) is 16.3 Å². The number of carbonyl (C=O) groups is 2. The smallest absolute Gasteiger partial charge is 0.548 e. The molecule has 1 N–H and O–H groups in total. The molecular formula is C30H26ClN2NaO4S. The van der Waals surface area contributed by atoms with Crippen LogP contribution in [0.2, 0.25) is 5.02 Å². The Hall–Kier alpha value is -2.86. The number of rotatable bonds is 6. The molecular weight excluding hydrogens is 543 g/mol. The van der Waals surface area contributed by atoms with E-state index in [1.165, 1.54) is 11.5 Å². The molecule has 1 saturated carbocycles. The van der Waals surface area contributed by atoms with Gasteiger partial charge in [-0.2, -0.15) is 4.37 Å². The van der Waals surface area contributed by atoms with E-state index < -0.39 is 11.4 Å². The molecule has 0 spiro atoms. The number of hydrogen-bond acceptors (Lipinski definition) is 7. The standard InChI is InChI=1S/C21H18N2O2S.C9H9ClO2.Na/c1-13-18(22-2)19(26-23-13)17-6-5-15-11-14(3-4-16(15)12-17)7-8-21(9-10-21)20(24)25;1-7(12-6-11)8-4-2-3-5-9(8)10;/h3-6,11-12,22H,9-10H2,1-2H3,(H,24,25);2-7H,1H3;/q;;+1/p-1/t;7-;/m.1./s1. The van der Waals surface area contributed by atoms with E-state index in [-0.39, 0.29) is 35.7 Å². The minimum absolute atomic E-state index is 0. The van der Waals surface area contributed by atoms with Crippen LogP contribution in [0.15, 0.2) is 60.7 Å². The van der Waals surface area contributed by atoms with Crippen molar-refractivity contribution in [1.29, 1.82) is 0 Å². The number of carboxylic acid groups (broad SMARTS) is 1. The van der Waals surface area contributed by atoms with Gasteiger partial charge in [0, 0.05) is 23.2 Å². The maximum absolute atomic E-state index is 11.1. The van der Waals surface area contributed by atoms with E-state index in [1.54, 1.807) is 13.0 Å². The molecule has 0 saturated heterocycles. The number of nitrogens with one attached hydrogen (secondary N) is 1. The van der Waals surface area contributed by atoms with E-state index in [0.717, 1.165) is 43.7 Å². The number of hydrogen-bond donors (Lipinski definition) is 1. The predicted molar refractivity (Wildman–Crippen MR) is 150 cm³/mol. The number of halogens is 1. The van der Waals surface area contributed by atoms with Gasteiger partial charge >= 0.3 is 29.6 Å². The summed E-state index contributed by atoms with van der Waals surface area (Å²) >= 11 is 7.35. The summed E-state index contributed by atoms with van der Waals surface area (Å²) in [5, 5.41) is 17.1. The van der Waals surface area contributed by atoms with Crippen molar-refractivity contribution >= 4 is 52.0 Å². The van der Waals surface area contributed by atoms with Gasteiger partial charge in [-0.1, -0.05) is 59.8 Å². The molecule has 3 aromatic carbocycles. The first-order chi connectivity index (χ1) is 18.3. The van der Waals surface area contributed by atoms with Gasteiger partial charge in [-0.15, -0.1) is 0 Å². The number of nitrogens with zero attached hydrogens (tertiary/aromatic N) is 1. The molecule has 1 fully saturated rings. The van der Waals surface area contributed by atoms with Crippen molar-refractivity contribution in [2.45, 2.75) is 32.8 Å².